The molecule has 1 atom stereocenters. The van der Waals surface area contributed by atoms with Gasteiger partial charge >= 0.3 is 0 Å². The molecule has 39 heavy (non-hydrogen) atoms. The summed E-state index contributed by atoms with van der Waals surface area (Å²) in [6, 6.07) is 17.9. The zero-order valence-corrected chi connectivity index (χ0v) is 23.2. The lowest BCUT2D eigenvalue weighted by Gasteiger charge is -2.16. The summed E-state index contributed by atoms with van der Waals surface area (Å²) in [6.45, 7) is 0.778. The maximum Gasteiger partial charge on any atom is 0.263 e. The summed E-state index contributed by atoms with van der Waals surface area (Å²) < 4.78 is 34.7. The number of aromatic nitrogens is 2. The number of rotatable bonds is 8. The molecular formula is C26H26Cl2N6O4S. The highest BCUT2D eigenvalue weighted by Crippen LogP contribution is 2.33. The van der Waals surface area contributed by atoms with E-state index in [1.165, 1.54) is 19.2 Å². The zero-order valence-electron chi connectivity index (χ0n) is 20.8. The van der Waals surface area contributed by atoms with Crippen molar-refractivity contribution >= 4 is 74.0 Å². The van der Waals surface area contributed by atoms with Gasteiger partial charge in [0, 0.05) is 11.8 Å². The molecule has 1 amide bonds. The zero-order chi connectivity index (χ0) is 26.7. The van der Waals surface area contributed by atoms with Gasteiger partial charge in [0.05, 0.1) is 39.8 Å². The molecule has 0 saturated carbocycles. The lowest BCUT2D eigenvalue weighted by atomic mass is 10.2. The Kier molecular flexibility index (Phi) is 8.76. The van der Waals surface area contributed by atoms with Crippen LogP contribution in [0, 0.1) is 0 Å². The van der Waals surface area contributed by atoms with Crippen molar-refractivity contribution in [3.05, 3.63) is 71.8 Å². The number of hydrogen-bond donors (Lipinski definition) is 4. The van der Waals surface area contributed by atoms with E-state index in [-0.39, 0.29) is 40.9 Å². The number of ether oxygens (including phenoxy) is 1. The molecule has 1 fully saturated rings. The number of anilines is 4. The minimum Gasteiger partial charge on any atom is -0.497 e. The second kappa shape index (κ2) is 12.0. The summed E-state index contributed by atoms with van der Waals surface area (Å²) in [7, 11) is -2.58. The molecule has 1 aliphatic rings. The van der Waals surface area contributed by atoms with E-state index < -0.39 is 10.0 Å². The van der Waals surface area contributed by atoms with E-state index >= 15 is 0 Å². The van der Waals surface area contributed by atoms with Gasteiger partial charge in [-0.15, -0.1) is 12.4 Å². The number of carbonyl (C=O) groups excluding carboxylic acids is 1. The predicted octanol–water partition coefficient (Wildman–Crippen LogP) is 4.95. The number of amides is 1. The first-order chi connectivity index (χ1) is 18.3. The minimum absolute atomic E-state index is 0. The topological polar surface area (TPSA) is 134 Å². The third kappa shape index (κ3) is 6.51. The van der Waals surface area contributed by atoms with Gasteiger partial charge in [-0.3, -0.25) is 9.52 Å². The van der Waals surface area contributed by atoms with E-state index in [1.54, 1.807) is 48.5 Å². The SMILES string of the molecule is COc1ccc(Cl)c(Nc2nc3ccccc3nc2NS(=O)(=O)c2cccc(NC(=O)C3CCCN3)c2)c1.Cl. The number of methoxy groups -OCH3 is 1. The minimum atomic E-state index is -4.11. The van der Waals surface area contributed by atoms with Crippen molar-refractivity contribution in [2.75, 3.05) is 29.0 Å². The van der Waals surface area contributed by atoms with Gasteiger partial charge in [-0.1, -0.05) is 29.8 Å². The fourth-order valence-electron chi connectivity index (χ4n) is 4.08. The molecule has 1 unspecified atom stereocenters. The highest BCUT2D eigenvalue weighted by molar-refractivity contribution is 7.92. The van der Waals surface area contributed by atoms with Crippen molar-refractivity contribution < 1.29 is 17.9 Å². The number of nitrogens with zero attached hydrogens (tertiary/aromatic N) is 2. The van der Waals surface area contributed by atoms with Gasteiger partial charge in [0.15, 0.2) is 11.6 Å². The number of sulfonamides is 1. The Morgan fingerprint density at radius 3 is 2.46 bits per heavy atom. The number of benzene rings is 3. The first-order valence-electron chi connectivity index (χ1n) is 11.9. The summed E-state index contributed by atoms with van der Waals surface area (Å²) in [6.07, 6.45) is 1.65. The molecule has 5 rings (SSSR count). The lowest BCUT2D eigenvalue weighted by Crippen LogP contribution is -2.35. The largest absolute Gasteiger partial charge is 0.497 e. The number of fused-ring (bicyclic) bond motifs is 1. The van der Waals surface area contributed by atoms with Crippen LogP contribution in [0.2, 0.25) is 5.02 Å². The van der Waals surface area contributed by atoms with Crippen LogP contribution in [0.3, 0.4) is 0 Å². The number of para-hydroxylation sites is 2. The molecule has 10 nitrogen and oxygen atoms in total. The third-order valence-corrected chi connectivity index (χ3v) is 7.68. The Morgan fingerprint density at radius 1 is 1.03 bits per heavy atom. The van der Waals surface area contributed by atoms with Gasteiger partial charge in [0.2, 0.25) is 5.91 Å². The van der Waals surface area contributed by atoms with Crippen molar-refractivity contribution in [2.45, 2.75) is 23.8 Å². The van der Waals surface area contributed by atoms with Crippen LogP contribution in [0.15, 0.2) is 71.6 Å². The fraction of sp³-hybridized carbons (Fsp3) is 0.192. The summed E-state index contributed by atoms with van der Waals surface area (Å²) in [5, 5.41) is 9.37. The second-order valence-corrected chi connectivity index (χ2v) is 10.7. The standard InChI is InChI=1S/C26H25ClN6O4S.ClH/c1-37-17-11-12-19(27)23(15-17)32-24-25(31-21-9-3-2-8-20(21)30-24)33-38(35,36)18-7-4-6-16(14-18)29-26(34)22-10-5-13-28-22;/h2-4,6-9,11-12,14-15,22,28H,5,10,13H2,1H3,(H,29,34)(H,30,32)(H,31,33);1H. The van der Waals surface area contributed by atoms with E-state index in [4.69, 9.17) is 16.3 Å². The fourth-order valence-corrected chi connectivity index (χ4v) is 5.30. The number of nitrogens with one attached hydrogen (secondary N) is 4. The first-order valence-corrected chi connectivity index (χ1v) is 13.7. The smallest absolute Gasteiger partial charge is 0.263 e. The molecule has 2 heterocycles. The molecule has 1 aliphatic heterocycles. The molecule has 0 bridgehead atoms. The van der Waals surface area contributed by atoms with Crippen molar-refractivity contribution in [1.29, 1.82) is 0 Å². The molecule has 3 aromatic carbocycles. The van der Waals surface area contributed by atoms with Gasteiger partial charge in [-0.25, -0.2) is 18.4 Å². The highest BCUT2D eigenvalue weighted by atomic mass is 35.5. The van der Waals surface area contributed by atoms with E-state index in [0.717, 1.165) is 19.4 Å². The van der Waals surface area contributed by atoms with Crippen LogP contribution in [-0.2, 0) is 14.8 Å². The van der Waals surface area contributed by atoms with Gasteiger partial charge in [0.1, 0.15) is 5.75 Å². The molecule has 0 radical (unpaired) electrons. The second-order valence-electron chi connectivity index (χ2n) is 8.65. The molecule has 1 aromatic heterocycles. The molecular weight excluding hydrogens is 563 g/mol. The molecule has 1 saturated heterocycles. The van der Waals surface area contributed by atoms with Crippen molar-refractivity contribution in [1.82, 2.24) is 15.3 Å². The highest BCUT2D eigenvalue weighted by Gasteiger charge is 2.23. The summed E-state index contributed by atoms with van der Waals surface area (Å²) >= 11 is 6.36. The average molecular weight is 590 g/mol. The van der Waals surface area contributed by atoms with Crippen LogP contribution < -0.4 is 25.4 Å². The Morgan fingerprint density at radius 2 is 1.77 bits per heavy atom. The quantitative estimate of drug-likeness (QED) is 0.227. The van der Waals surface area contributed by atoms with E-state index in [2.05, 4.69) is 30.6 Å². The predicted molar refractivity (Wildman–Crippen MR) is 155 cm³/mol. The van der Waals surface area contributed by atoms with Crippen LogP contribution >= 0.6 is 24.0 Å². The number of carbonyl (C=O) groups is 1. The summed E-state index contributed by atoms with van der Waals surface area (Å²) in [5.41, 5.74) is 1.89. The normalized spacial score (nSPS) is 14.9. The lowest BCUT2D eigenvalue weighted by molar-refractivity contribution is -0.117. The molecule has 0 spiro atoms. The van der Waals surface area contributed by atoms with E-state index in [1.807, 2.05) is 6.07 Å². The maximum absolute atomic E-state index is 13.4. The van der Waals surface area contributed by atoms with Gasteiger partial charge in [-0.2, -0.15) is 0 Å². The van der Waals surface area contributed by atoms with E-state index in [0.29, 0.717) is 33.2 Å². The van der Waals surface area contributed by atoms with Gasteiger partial charge in [-0.05, 0) is 61.9 Å². The van der Waals surface area contributed by atoms with Crippen molar-refractivity contribution in [3.8, 4) is 5.75 Å². The molecule has 4 N–H and O–H groups in total. The first kappa shape index (κ1) is 28.4. The van der Waals surface area contributed by atoms with E-state index in [9.17, 15) is 13.2 Å². The monoisotopic (exact) mass is 588 g/mol. The van der Waals surface area contributed by atoms with Crippen LogP contribution in [0.1, 0.15) is 12.8 Å². The average Bonchev–Trinajstić information content (AvgIpc) is 3.46. The Hall–Kier alpha value is -3.64. The van der Waals surface area contributed by atoms with Crippen LogP contribution in [0.25, 0.3) is 11.0 Å². The Bertz CT molecular complexity index is 1610. The molecule has 4 aromatic rings. The Labute approximate surface area is 237 Å². The number of halogens is 2. The van der Waals surface area contributed by atoms with Crippen molar-refractivity contribution in [3.63, 3.8) is 0 Å². The maximum atomic E-state index is 13.4. The number of hydrogen-bond acceptors (Lipinski definition) is 8. The summed E-state index contributed by atoms with van der Waals surface area (Å²) in [5.74, 6) is 0.484. The van der Waals surface area contributed by atoms with Crippen LogP contribution in [-0.4, -0.2) is 44.0 Å². The van der Waals surface area contributed by atoms with Gasteiger partial charge < -0.3 is 20.7 Å². The third-order valence-electron chi connectivity index (χ3n) is 6.02. The van der Waals surface area contributed by atoms with Gasteiger partial charge in [0.25, 0.3) is 10.0 Å². The molecule has 204 valence electrons. The molecule has 0 aliphatic carbocycles. The Balaban J connectivity index is 0.00000353. The van der Waals surface area contributed by atoms with Crippen molar-refractivity contribution in [2.24, 2.45) is 0 Å². The van der Waals surface area contributed by atoms with Crippen LogP contribution in [0.5, 0.6) is 5.75 Å². The summed E-state index contributed by atoms with van der Waals surface area (Å²) in [4.78, 5) is 21.5. The molecule has 13 heteroatoms. The van der Waals surface area contributed by atoms with Crippen LogP contribution in [0.4, 0.5) is 23.0 Å².